The second kappa shape index (κ2) is 16.9. The van der Waals surface area contributed by atoms with Gasteiger partial charge < -0.3 is 19.7 Å². The summed E-state index contributed by atoms with van der Waals surface area (Å²) in [6.45, 7) is 10.4. The van der Waals surface area contributed by atoms with Gasteiger partial charge in [-0.15, -0.1) is 0 Å². The molecular weight excluding hydrogens is 455 g/mol. The minimum Gasteiger partial charge on any atom is -0.493 e. The Hall–Kier alpha value is -2.63. The monoisotopic (exact) mass is 498 g/mol. The SMILES string of the molecule is C=C(CO)CCOc1cc(OCCC(=C)CO)cc(-c2ccc(CCCCCCCCC)c(F)c2)c1. The van der Waals surface area contributed by atoms with E-state index in [1.807, 2.05) is 24.3 Å². The second-order valence-electron chi connectivity index (χ2n) is 9.38. The quantitative estimate of drug-likeness (QED) is 0.156. The largest absolute Gasteiger partial charge is 0.493 e. The highest BCUT2D eigenvalue weighted by atomic mass is 19.1. The van der Waals surface area contributed by atoms with Crippen molar-refractivity contribution in [3.63, 3.8) is 0 Å². The van der Waals surface area contributed by atoms with Crippen molar-refractivity contribution >= 4 is 0 Å². The van der Waals surface area contributed by atoms with Crippen LogP contribution < -0.4 is 9.47 Å². The number of unbranched alkanes of at least 4 members (excludes halogenated alkanes) is 6. The van der Waals surface area contributed by atoms with E-state index in [-0.39, 0.29) is 19.0 Å². The predicted molar refractivity (Wildman–Crippen MR) is 146 cm³/mol. The summed E-state index contributed by atoms with van der Waals surface area (Å²) in [5, 5.41) is 18.3. The lowest BCUT2D eigenvalue weighted by Gasteiger charge is -2.14. The third-order valence-corrected chi connectivity index (χ3v) is 6.21. The minimum atomic E-state index is -0.189. The first-order valence-electron chi connectivity index (χ1n) is 13.2. The van der Waals surface area contributed by atoms with E-state index in [9.17, 15) is 4.39 Å². The Morgan fingerprint density at radius 1 is 0.750 bits per heavy atom. The summed E-state index contributed by atoms with van der Waals surface area (Å²) in [5.41, 5.74) is 3.70. The maximum absolute atomic E-state index is 14.9. The van der Waals surface area contributed by atoms with Crippen molar-refractivity contribution in [2.24, 2.45) is 0 Å². The van der Waals surface area contributed by atoms with Gasteiger partial charge in [-0.3, -0.25) is 0 Å². The van der Waals surface area contributed by atoms with E-state index in [0.29, 0.717) is 48.7 Å². The van der Waals surface area contributed by atoms with E-state index < -0.39 is 0 Å². The first-order valence-corrected chi connectivity index (χ1v) is 13.2. The average Bonchev–Trinajstić information content (AvgIpc) is 2.88. The van der Waals surface area contributed by atoms with Gasteiger partial charge in [-0.1, -0.05) is 70.7 Å². The highest BCUT2D eigenvalue weighted by Gasteiger charge is 2.10. The van der Waals surface area contributed by atoms with Gasteiger partial charge in [-0.05, 0) is 58.9 Å². The van der Waals surface area contributed by atoms with Crippen molar-refractivity contribution < 1.29 is 24.1 Å². The molecule has 2 aromatic rings. The summed E-state index contributed by atoms with van der Waals surface area (Å²) < 4.78 is 26.7. The normalized spacial score (nSPS) is 10.9. The van der Waals surface area contributed by atoms with Crippen molar-refractivity contribution in [1.29, 1.82) is 0 Å². The molecule has 0 fully saturated rings. The molecule has 0 bridgehead atoms. The maximum Gasteiger partial charge on any atom is 0.127 e. The van der Waals surface area contributed by atoms with Crippen LogP contribution in [0, 0.1) is 5.82 Å². The van der Waals surface area contributed by atoms with E-state index >= 15 is 0 Å². The standard InChI is InChI=1S/C31H43FO4/c1-4-5-6-7-8-9-10-11-26-12-13-27(20-31(26)32)28-18-29(35-16-14-24(2)22-33)21-30(19-28)36-17-15-25(3)23-34/h12-13,18-21,33-34H,2-11,14-17,22-23H2,1H3. The number of rotatable bonds is 19. The lowest BCUT2D eigenvalue weighted by atomic mass is 9.99. The summed E-state index contributed by atoms with van der Waals surface area (Å²) in [4.78, 5) is 0. The first-order chi connectivity index (χ1) is 17.5. The van der Waals surface area contributed by atoms with Gasteiger partial charge in [0.1, 0.15) is 17.3 Å². The molecule has 0 saturated carbocycles. The molecule has 0 aromatic heterocycles. The third-order valence-electron chi connectivity index (χ3n) is 6.21. The number of halogens is 1. The minimum absolute atomic E-state index is 0.0724. The smallest absolute Gasteiger partial charge is 0.127 e. The lowest BCUT2D eigenvalue weighted by Crippen LogP contribution is -2.03. The third kappa shape index (κ3) is 11.0. The fourth-order valence-electron chi connectivity index (χ4n) is 3.89. The number of aliphatic hydroxyl groups is 2. The summed E-state index contributed by atoms with van der Waals surface area (Å²) >= 11 is 0. The van der Waals surface area contributed by atoms with E-state index in [1.165, 1.54) is 32.1 Å². The highest BCUT2D eigenvalue weighted by Crippen LogP contribution is 2.31. The molecule has 0 saturated heterocycles. The second-order valence-corrected chi connectivity index (χ2v) is 9.38. The molecule has 0 amide bonds. The van der Waals surface area contributed by atoms with E-state index in [1.54, 1.807) is 12.1 Å². The molecule has 2 rings (SSSR count). The molecule has 198 valence electrons. The molecule has 0 aliphatic carbocycles. The fourth-order valence-corrected chi connectivity index (χ4v) is 3.89. The zero-order chi connectivity index (χ0) is 26.2. The van der Waals surface area contributed by atoms with Crippen LogP contribution in [0.1, 0.15) is 70.3 Å². The Labute approximate surface area is 216 Å². The fraction of sp³-hybridized carbons (Fsp3) is 0.484. The molecule has 0 unspecified atom stereocenters. The Kier molecular flexibility index (Phi) is 13.9. The Morgan fingerprint density at radius 3 is 1.83 bits per heavy atom. The Bertz CT molecular complexity index is 913. The van der Waals surface area contributed by atoms with Gasteiger partial charge in [0, 0.05) is 18.9 Å². The van der Waals surface area contributed by atoms with Gasteiger partial charge in [0.2, 0.25) is 0 Å². The van der Waals surface area contributed by atoms with Gasteiger partial charge in [0.05, 0.1) is 26.4 Å². The van der Waals surface area contributed by atoms with E-state index in [0.717, 1.165) is 36.0 Å². The van der Waals surface area contributed by atoms with Crippen molar-refractivity contribution in [3.05, 3.63) is 72.1 Å². The highest BCUT2D eigenvalue weighted by molar-refractivity contribution is 5.67. The number of aliphatic hydroxyl groups excluding tert-OH is 2. The molecule has 36 heavy (non-hydrogen) atoms. The molecule has 2 N–H and O–H groups in total. The van der Waals surface area contributed by atoms with Crippen LogP contribution >= 0.6 is 0 Å². The lowest BCUT2D eigenvalue weighted by molar-refractivity contribution is 0.285. The van der Waals surface area contributed by atoms with Gasteiger partial charge in [0.25, 0.3) is 0 Å². The zero-order valence-corrected chi connectivity index (χ0v) is 21.9. The van der Waals surface area contributed by atoms with Crippen molar-refractivity contribution in [1.82, 2.24) is 0 Å². The van der Waals surface area contributed by atoms with Crippen LogP contribution in [0.25, 0.3) is 11.1 Å². The van der Waals surface area contributed by atoms with Gasteiger partial charge in [-0.25, -0.2) is 4.39 Å². The summed E-state index contributed by atoms with van der Waals surface area (Å²) in [6.07, 6.45) is 10.3. The maximum atomic E-state index is 14.9. The number of hydrogen-bond acceptors (Lipinski definition) is 4. The van der Waals surface area contributed by atoms with Crippen LogP contribution in [0.2, 0.25) is 0 Å². The van der Waals surface area contributed by atoms with Crippen LogP contribution in [0.4, 0.5) is 4.39 Å². The number of aryl methyl sites for hydroxylation is 1. The van der Waals surface area contributed by atoms with Gasteiger partial charge >= 0.3 is 0 Å². The molecule has 4 nitrogen and oxygen atoms in total. The van der Waals surface area contributed by atoms with Crippen LogP contribution in [-0.2, 0) is 6.42 Å². The molecule has 2 aromatic carbocycles. The molecule has 0 aliphatic heterocycles. The molecule has 0 aliphatic rings. The summed E-state index contributed by atoms with van der Waals surface area (Å²) in [5.74, 6) is 1.01. The average molecular weight is 499 g/mol. The van der Waals surface area contributed by atoms with Crippen LogP contribution in [0.5, 0.6) is 11.5 Å². The summed E-state index contributed by atoms with van der Waals surface area (Å²) in [7, 11) is 0. The summed E-state index contributed by atoms with van der Waals surface area (Å²) in [6, 6.07) is 10.9. The predicted octanol–water partition coefficient (Wildman–Crippen LogP) is 7.42. The van der Waals surface area contributed by atoms with Crippen LogP contribution in [-0.4, -0.2) is 36.6 Å². The van der Waals surface area contributed by atoms with Crippen LogP contribution in [0.15, 0.2) is 60.7 Å². The van der Waals surface area contributed by atoms with Crippen molar-refractivity contribution in [2.45, 2.75) is 71.1 Å². The Morgan fingerprint density at radius 2 is 1.31 bits per heavy atom. The van der Waals surface area contributed by atoms with E-state index in [4.69, 9.17) is 19.7 Å². The van der Waals surface area contributed by atoms with E-state index in [2.05, 4.69) is 20.1 Å². The number of hydrogen-bond donors (Lipinski definition) is 2. The molecule has 0 atom stereocenters. The van der Waals surface area contributed by atoms with Crippen molar-refractivity contribution in [3.8, 4) is 22.6 Å². The molecule has 0 radical (unpaired) electrons. The first kappa shape index (κ1) is 29.6. The van der Waals surface area contributed by atoms with Crippen LogP contribution in [0.3, 0.4) is 0 Å². The molecule has 0 heterocycles. The zero-order valence-electron chi connectivity index (χ0n) is 21.9. The Balaban J connectivity index is 2.08. The van der Waals surface area contributed by atoms with Gasteiger partial charge in [0.15, 0.2) is 0 Å². The number of benzene rings is 2. The molecular formula is C31H43FO4. The van der Waals surface area contributed by atoms with Gasteiger partial charge in [-0.2, -0.15) is 0 Å². The van der Waals surface area contributed by atoms with Crippen molar-refractivity contribution in [2.75, 3.05) is 26.4 Å². The molecule has 5 heteroatoms. The molecule has 0 spiro atoms. The topological polar surface area (TPSA) is 58.9 Å². The number of ether oxygens (including phenoxy) is 2.